The average Bonchev–Trinajstić information content (AvgIpc) is 2.70. The number of nitrogens with zero attached hydrogens (tertiary/aromatic N) is 2. The van der Waals surface area contributed by atoms with E-state index in [1.54, 1.807) is 13.2 Å². The van der Waals surface area contributed by atoms with E-state index in [9.17, 15) is 4.79 Å². The Morgan fingerprint density at radius 3 is 2.67 bits per heavy atom. The number of benzene rings is 1. The molecule has 0 spiro atoms. The van der Waals surface area contributed by atoms with Gasteiger partial charge in [-0.3, -0.25) is 9.69 Å². The van der Waals surface area contributed by atoms with E-state index >= 15 is 0 Å². The smallest absolute Gasteiger partial charge is 0.246 e. The second-order valence-corrected chi connectivity index (χ2v) is 7.61. The number of ether oxygens (including phenoxy) is 2. The summed E-state index contributed by atoms with van der Waals surface area (Å²) in [5.41, 5.74) is 2.58. The third kappa shape index (κ3) is 5.89. The Morgan fingerprint density at radius 2 is 1.96 bits per heavy atom. The Hall–Kier alpha value is -1.69. The van der Waals surface area contributed by atoms with Crippen molar-refractivity contribution in [2.75, 3.05) is 53.0 Å². The van der Waals surface area contributed by atoms with Crippen molar-refractivity contribution in [2.24, 2.45) is 5.92 Å². The molecule has 5 heteroatoms. The Labute approximate surface area is 162 Å². The Kier molecular flexibility index (Phi) is 7.44. The highest BCUT2D eigenvalue weighted by atomic mass is 16.5. The zero-order chi connectivity index (χ0) is 19.1. The minimum Gasteiger partial charge on any atom is -0.381 e. The molecule has 2 aliphatic rings. The van der Waals surface area contributed by atoms with Crippen LogP contribution in [-0.4, -0.2) is 74.9 Å². The van der Waals surface area contributed by atoms with Gasteiger partial charge < -0.3 is 14.4 Å². The van der Waals surface area contributed by atoms with Gasteiger partial charge >= 0.3 is 0 Å². The molecule has 148 valence electrons. The summed E-state index contributed by atoms with van der Waals surface area (Å²) in [7, 11) is 1.78. The number of aryl methyl sites for hydroxylation is 1. The largest absolute Gasteiger partial charge is 0.381 e. The first-order valence-electron chi connectivity index (χ1n) is 9.99. The second-order valence-electron chi connectivity index (χ2n) is 7.61. The number of hydrogen-bond acceptors (Lipinski definition) is 4. The van der Waals surface area contributed by atoms with Crippen molar-refractivity contribution in [2.45, 2.75) is 25.9 Å². The van der Waals surface area contributed by atoms with E-state index in [1.165, 1.54) is 11.1 Å². The maximum atomic E-state index is 12.6. The van der Waals surface area contributed by atoms with E-state index in [4.69, 9.17) is 9.47 Å². The minimum absolute atomic E-state index is 0.117. The lowest BCUT2D eigenvalue weighted by Gasteiger charge is -2.37. The molecule has 2 fully saturated rings. The van der Waals surface area contributed by atoms with Crippen LogP contribution < -0.4 is 0 Å². The molecule has 3 rings (SSSR count). The summed E-state index contributed by atoms with van der Waals surface area (Å²) in [6.45, 7) is 7.89. The summed E-state index contributed by atoms with van der Waals surface area (Å²) < 4.78 is 11.1. The van der Waals surface area contributed by atoms with Crippen LogP contribution in [0.5, 0.6) is 0 Å². The van der Waals surface area contributed by atoms with Crippen LogP contribution >= 0.6 is 0 Å². The highest BCUT2D eigenvalue weighted by Gasteiger charge is 2.30. The third-order valence-corrected chi connectivity index (χ3v) is 5.62. The molecule has 0 N–H and O–H groups in total. The van der Waals surface area contributed by atoms with Crippen molar-refractivity contribution in [3.8, 4) is 0 Å². The Bertz CT molecular complexity index is 623. The van der Waals surface area contributed by atoms with Crippen LogP contribution in [0.1, 0.15) is 17.5 Å². The van der Waals surface area contributed by atoms with E-state index in [1.807, 2.05) is 11.0 Å². The summed E-state index contributed by atoms with van der Waals surface area (Å²) >= 11 is 0. The van der Waals surface area contributed by atoms with Gasteiger partial charge in [-0.05, 0) is 25.3 Å². The molecular weight excluding hydrogens is 340 g/mol. The first-order valence-corrected chi connectivity index (χ1v) is 9.99. The van der Waals surface area contributed by atoms with Crippen LogP contribution in [0.3, 0.4) is 0 Å². The summed E-state index contributed by atoms with van der Waals surface area (Å²) in [6, 6.07) is 8.67. The zero-order valence-electron chi connectivity index (χ0n) is 16.6. The predicted octanol–water partition coefficient (Wildman–Crippen LogP) is 2.29. The summed E-state index contributed by atoms with van der Waals surface area (Å²) in [6.07, 6.45) is 5.79. The Morgan fingerprint density at radius 1 is 1.22 bits per heavy atom. The van der Waals surface area contributed by atoms with Gasteiger partial charge in [-0.1, -0.05) is 35.9 Å². The standard InChI is InChI=1S/C22H32N2O3/c1-18-5-7-19(8-6-18)16-20-17-24(11-9-21(20)26-2)22(25)4-3-10-23-12-14-27-15-13-23/h3-8,20-21H,9-17H2,1-2H3/b4-3+/t20-,21+/m1/s1. The van der Waals surface area contributed by atoms with E-state index in [0.717, 1.165) is 58.8 Å². The van der Waals surface area contributed by atoms with Gasteiger partial charge in [0.1, 0.15) is 0 Å². The molecule has 1 amide bonds. The number of carbonyl (C=O) groups excluding carboxylic acids is 1. The van der Waals surface area contributed by atoms with Crippen molar-refractivity contribution >= 4 is 5.91 Å². The number of hydrogen-bond donors (Lipinski definition) is 0. The number of piperidine rings is 1. The topological polar surface area (TPSA) is 42.0 Å². The molecule has 2 aliphatic heterocycles. The number of likely N-dealkylation sites (tertiary alicyclic amines) is 1. The monoisotopic (exact) mass is 372 g/mol. The summed E-state index contributed by atoms with van der Waals surface area (Å²) in [4.78, 5) is 16.9. The number of morpholine rings is 1. The van der Waals surface area contributed by atoms with Crippen LogP contribution in [0.4, 0.5) is 0 Å². The highest BCUT2D eigenvalue weighted by molar-refractivity contribution is 5.87. The summed E-state index contributed by atoms with van der Waals surface area (Å²) in [5.74, 6) is 0.453. The molecule has 1 aromatic carbocycles. The third-order valence-electron chi connectivity index (χ3n) is 5.62. The molecule has 5 nitrogen and oxygen atoms in total. The molecule has 0 radical (unpaired) electrons. The minimum atomic E-state index is 0.117. The fourth-order valence-corrected chi connectivity index (χ4v) is 3.94. The van der Waals surface area contributed by atoms with Crippen molar-refractivity contribution in [3.63, 3.8) is 0 Å². The normalized spacial score (nSPS) is 24.4. The molecule has 2 atom stereocenters. The van der Waals surface area contributed by atoms with Crippen LogP contribution in [0.2, 0.25) is 0 Å². The summed E-state index contributed by atoms with van der Waals surface area (Å²) in [5, 5.41) is 0. The lowest BCUT2D eigenvalue weighted by atomic mass is 9.88. The first-order chi connectivity index (χ1) is 13.2. The van der Waals surface area contributed by atoms with Crippen molar-refractivity contribution in [1.82, 2.24) is 9.80 Å². The number of carbonyl (C=O) groups is 1. The molecule has 2 heterocycles. The molecule has 1 aromatic rings. The van der Waals surface area contributed by atoms with E-state index in [-0.39, 0.29) is 12.0 Å². The van der Waals surface area contributed by atoms with E-state index < -0.39 is 0 Å². The first kappa shape index (κ1) is 20.1. The van der Waals surface area contributed by atoms with Gasteiger partial charge in [0.25, 0.3) is 0 Å². The van der Waals surface area contributed by atoms with Gasteiger partial charge in [0.05, 0.1) is 19.3 Å². The van der Waals surface area contributed by atoms with Gasteiger partial charge in [0.15, 0.2) is 0 Å². The van der Waals surface area contributed by atoms with E-state index in [0.29, 0.717) is 5.92 Å². The average molecular weight is 373 g/mol. The quantitative estimate of drug-likeness (QED) is 0.719. The fraction of sp³-hybridized carbons (Fsp3) is 0.591. The van der Waals surface area contributed by atoms with Crippen LogP contribution in [0.25, 0.3) is 0 Å². The predicted molar refractivity (Wildman–Crippen MR) is 107 cm³/mol. The zero-order valence-corrected chi connectivity index (χ0v) is 16.6. The fourth-order valence-electron chi connectivity index (χ4n) is 3.94. The van der Waals surface area contributed by atoms with Gasteiger partial charge in [-0.15, -0.1) is 0 Å². The number of amides is 1. The molecule has 0 saturated carbocycles. The number of rotatable bonds is 6. The maximum absolute atomic E-state index is 12.6. The molecule has 0 bridgehead atoms. The van der Waals surface area contributed by atoms with E-state index in [2.05, 4.69) is 36.1 Å². The SMILES string of the molecule is CO[C@H]1CCN(C(=O)/C=C/CN2CCOCC2)C[C@H]1Cc1ccc(C)cc1. The van der Waals surface area contributed by atoms with Crippen LogP contribution in [0, 0.1) is 12.8 Å². The van der Waals surface area contributed by atoms with Gasteiger partial charge in [0, 0.05) is 51.8 Å². The molecular formula is C22H32N2O3. The second kappa shape index (κ2) is 10.0. The molecule has 0 aromatic heterocycles. The molecule has 2 saturated heterocycles. The maximum Gasteiger partial charge on any atom is 0.246 e. The van der Waals surface area contributed by atoms with Gasteiger partial charge in [0.2, 0.25) is 5.91 Å². The molecule has 0 aliphatic carbocycles. The molecule has 27 heavy (non-hydrogen) atoms. The Balaban J connectivity index is 1.54. The van der Waals surface area contributed by atoms with Crippen LogP contribution in [0.15, 0.2) is 36.4 Å². The lowest BCUT2D eigenvalue weighted by Crippen LogP contribution is -2.47. The highest BCUT2D eigenvalue weighted by Crippen LogP contribution is 2.24. The van der Waals surface area contributed by atoms with Crippen molar-refractivity contribution < 1.29 is 14.3 Å². The number of methoxy groups -OCH3 is 1. The van der Waals surface area contributed by atoms with Crippen LogP contribution in [-0.2, 0) is 20.7 Å². The lowest BCUT2D eigenvalue weighted by molar-refractivity contribution is -0.130. The van der Waals surface area contributed by atoms with Crippen molar-refractivity contribution in [3.05, 3.63) is 47.5 Å². The van der Waals surface area contributed by atoms with Gasteiger partial charge in [-0.2, -0.15) is 0 Å². The van der Waals surface area contributed by atoms with Crippen molar-refractivity contribution in [1.29, 1.82) is 0 Å². The molecule has 0 unspecified atom stereocenters. The van der Waals surface area contributed by atoms with Gasteiger partial charge in [-0.25, -0.2) is 0 Å².